The van der Waals surface area contributed by atoms with Crippen molar-refractivity contribution in [2.45, 2.75) is 13.0 Å². The molecule has 0 spiro atoms. The molecule has 1 atom stereocenters. The third-order valence-electron chi connectivity index (χ3n) is 5.86. The van der Waals surface area contributed by atoms with Gasteiger partial charge in [0.05, 0.1) is 24.8 Å². The van der Waals surface area contributed by atoms with Gasteiger partial charge in [-0.25, -0.2) is 9.97 Å². The predicted octanol–water partition coefficient (Wildman–Crippen LogP) is 4.49. The highest BCUT2D eigenvalue weighted by Crippen LogP contribution is 2.28. The van der Waals surface area contributed by atoms with Crippen LogP contribution in [0.3, 0.4) is 0 Å². The molecule has 0 aliphatic carbocycles. The highest BCUT2D eigenvalue weighted by molar-refractivity contribution is 5.90. The van der Waals surface area contributed by atoms with Crippen LogP contribution >= 0.6 is 0 Å². The first-order valence-corrected chi connectivity index (χ1v) is 11.1. The molecule has 0 saturated carbocycles. The number of pyridine rings is 1. The maximum Gasteiger partial charge on any atom is 0.163 e. The third-order valence-corrected chi connectivity index (χ3v) is 5.86. The second-order valence-corrected chi connectivity index (χ2v) is 8.18. The summed E-state index contributed by atoms with van der Waals surface area (Å²) in [6.45, 7) is 6.44. The lowest BCUT2D eigenvalue weighted by atomic mass is 10.0. The van der Waals surface area contributed by atoms with Crippen molar-refractivity contribution in [2.24, 2.45) is 0 Å². The normalized spacial score (nSPS) is 15.5. The van der Waals surface area contributed by atoms with E-state index in [0.29, 0.717) is 5.82 Å². The molecule has 0 amide bonds. The van der Waals surface area contributed by atoms with Crippen molar-refractivity contribution in [3.8, 4) is 11.4 Å². The summed E-state index contributed by atoms with van der Waals surface area (Å²) in [6.07, 6.45) is 3.57. The van der Waals surface area contributed by atoms with Gasteiger partial charge in [-0.2, -0.15) is 0 Å². The molecule has 5 rings (SSSR count). The first-order chi connectivity index (χ1) is 15.8. The number of aromatic nitrogens is 3. The summed E-state index contributed by atoms with van der Waals surface area (Å²) < 4.78 is 5.55. The fourth-order valence-corrected chi connectivity index (χ4v) is 4.05. The molecule has 2 aromatic heterocycles. The Balaban J connectivity index is 1.54. The number of benzene rings is 2. The van der Waals surface area contributed by atoms with Crippen molar-refractivity contribution in [3.63, 3.8) is 0 Å². The van der Waals surface area contributed by atoms with E-state index in [1.54, 1.807) is 12.4 Å². The number of hydrogen-bond donors (Lipinski definition) is 1. The van der Waals surface area contributed by atoms with Crippen LogP contribution in [0.4, 0.5) is 5.82 Å². The van der Waals surface area contributed by atoms with Gasteiger partial charge in [-0.3, -0.25) is 9.88 Å². The maximum atomic E-state index is 5.55. The Labute approximate surface area is 188 Å². The van der Waals surface area contributed by atoms with Crippen LogP contribution in [-0.2, 0) is 4.74 Å². The number of anilines is 1. The third kappa shape index (κ3) is 4.61. The van der Waals surface area contributed by atoms with E-state index in [1.165, 1.54) is 11.1 Å². The van der Waals surface area contributed by atoms with Crippen LogP contribution in [0.2, 0.25) is 0 Å². The second-order valence-electron chi connectivity index (χ2n) is 8.18. The minimum atomic E-state index is 0.0914. The lowest BCUT2D eigenvalue weighted by molar-refractivity contribution is 0.0361. The molecule has 32 heavy (non-hydrogen) atoms. The summed E-state index contributed by atoms with van der Waals surface area (Å²) in [5, 5.41) is 4.77. The Morgan fingerprint density at radius 1 is 0.969 bits per heavy atom. The molecule has 162 valence electrons. The van der Waals surface area contributed by atoms with E-state index in [1.807, 2.05) is 30.3 Å². The van der Waals surface area contributed by atoms with Gasteiger partial charge in [0.25, 0.3) is 0 Å². The van der Waals surface area contributed by atoms with Gasteiger partial charge in [-0.15, -0.1) is 0 Å². The first-order valence-electron chi connectivity index (χ1n) is 11.1. The Hall–Kier alpha value is -3.35. The maximum absolute atomic E-state index is 5.55. The van der Waals surface area contributed by atoms with Gasteiger partial charge in [0.1, 0.15) is 5.82 Å². The zero-order valence-electron chi connectivity index (χ0n) is 18.2. The van der Waals surface area contributed by atoms with Crippen LogP contribution in [0.25, 0.3) is 22.3 Å². The molecule has 6 heteroatoms. The molecular formula is C26H27N5O. The number of nitrogens with zero attached hydrogens (tertiary/aromatic N) is 4. The van der Waals surface area contributed by atoms with E-state index in [4.69, 9.17) is 14.7 Å². The quantitative estimate of drug-likeness (QED) is 0.491. The van der Waals surface area contributed by atoms with Crippen molar-refractivity contribution < 1.29 is 4.74 Å². The van der Waals surface area contributed by atoms with Crippen LogP contribution in [0.15, 0.2) is 73.1 Å². The van der Waals surface area contributed by atoms with Crippen LogP contribution in [-0.4, -0.2) is 52.7 Å². The standard InChI is InChI=1S/C26H27N5O/c1-19-8-10-20(11-9-19)24(18-31-13-15-32-16-14-31)29-26-22-6-2-3-7-23(22)28-25(30-26)21-5-4-12-27-17-21/h2-12,17,24H,13-16,18H2,1H3,(H,28,29,30)/t24-/m1/s1. The highest BCUT2D eigenvalue weighted by atomic mass is 16.5. The number of nitrogens with one attached hydrogen (secondary N) is 1. The van der Waals surface area contributed by atoms with E-state index in [9.17, 15) is 0 Å². The molecule has 1 saturated heterocycles. The predicted molar refractivity (Wildman–Crippen MR) is 128 cm³/mol. The number of para-hydroxylation sites is 1. The minimum absolute atomic E-state index is 0.0914. The number of ether oxygens (including phenoxy) is 1. The van der Waals surface area contributed by atoms with Gasteiger partial charge >= 0.3 is 0 Å². The fourth-order valence-electron chi connectivity index (χ4n) is 4.05. The van der Waals surface area contributed by atoms with Crippen LogP contribution in [0.1, 0.15) is 17.2 Å². The summed E-state index contributed by atoms with van der Waals surface area (Å²) in [4.78, 5) is 16.4. The smallest absolute Gasteiger partial charge is 0.163 e. The zero-order chi connectivity index (χ0) is 21.8. The summed E-state index contributed by atoms with van der Waals surface area (Å²) >= 11 is 0. The van der Waals surface area contributed by atoms with Gasteiger partial charge in [-0.05, 0) is 36.8 Å². The summed E-state index contributed by atoms with van der Waals surface area (Å²) in [6, 6.07) is 20.9. The number of rotatable bonds is 6. The average Bonchev–Trinajstić information content (AvgIpc) is 2.85. The molecule has 0 unspecified atom stereocenters. The SMILES string of the molecule is Cc1ccc([C@@H](CN2CCOCC2)Nc2nc(-c3cccnc3)nc3ccccc23)cc1. The highest BCUT2D eigenvalue weighted by Gasteiger charge is 2.20. The van der Waals surface area contributed by atoms with E-state index in [-0.39, 0.29) is 6.04 Å². The zero-order valence-corrected chi connectivity index (χ0v) is 18.2. The molecule has 1 N–H and O–H groups in total. The molecule has 1 aliphatic rings. The Morgan fingerprint density at radius 3 is 2.56 bits per heavy atom. The Bertz CT molecular complexity index is 1170. The van der Waals surface area contributed by atoms with Gasteiger partial charge < -0.3 is 10.1 Å². The molecule has 6 nitrogen and oxygen atoms in total. The molecule has 3 heterocycles. The molecule has 0 radical (unpaired) electrons. The van der Waals surface area contributed by atoms with Crippen LogP contribution in [0.5, 0.6) is 0 Å². The van der Waals surface area contributed by atoms with E-state index < -0.39 is 0 Å². The molecule has 1 fully saturated rings. The van der Waals surface area contributed by atoms with Crippen LogP contribution in [0, 0.1) is 6.92 Å². The summed E-state index contributed by atoms with van der Waals surface area (Å²) in [5.74, 6) is 1.52. The Kier molecular flexibility index (Phi) is 6.05. The van der Waals surface area contributed by atoms with E-state index in [2.05, 4.69) is 52.5 Å². The molecular weight excluding hydrogens is 398 g/mol. The number of aryl methyl sites for hydroxylation is 1. The van der Waals surface area contributed by atoms with E-state index in [0.717, 1.165) is 55.1 Å². The second kappa shape index (κ2) is 9.42. The molecule has 1 aliphatic heterocycles. The monoisotopic (exact) mass is 425 g/mol. The average molecular weight is 426 g/mol. The van der Waals surface area contributed by atoms with Crippen molar-refractivity contribution in [1.82, 2.24) is 19.9 Å². The van der Waals surface area contributed by atoms with Crippen LogP contribution < -0.4 is 5.32 Å². The number of hydrogen-bond acceptors (Lipinski definition) is 6. The molecule has 0 bridgehead atoms. The number of fused-ring (bicyclic) bond motifs is 1. The van der Waals surface area contributed by atoms with Gasteiger partial charge in [0.15, 0.2) is 5.82 Å². The summed E-state index contributed by atoms with van der Waals surface area (Å²) in [5.41, 5.74) is 4.32. The Morgan fingerprint density at radius 2 is 1.78 bits per heavy atom. The van der Waals surface area contributed by atoms with Crippen molar-refractivity contribution in [1.29, 1.82) is 0 Å². The first kappa shape index (κ1) is 20.5. The largest absolute Gasteiger partial charge is 0.379 e. The van der Waals surface area contributed by atoms with Crippen molar-refractivity contribution in [3.05, 3.63) is 84.2 Å². The van der Waals surface area contributed by atoms with Crippen molar-refractivity contribution >= 4 is 16.7 Å². The van der Waals surface area contributed by atoms with E-state index >= 15 is 0 Å². The lowest BCUT2D eigenvalue weighted by Gasteiger charge is -2.31. The topological polar surface area (TPSA) is 63.2 Å². The van der Waals surface area contributed by atoms with Gasteiger partial charge in [0.2, 0.25) is 0 Å². The lowest BCUT2D eigenvalue weighted by Crippen LogP contribution is -2.40. The summed E-state index contributed by atoms with van der Waals surface area (Å²) in [7, 11) is 0. The van der Waals surface area contributed by atoms with Gasteiger partial charge in [0, 0.05) is 43.0 Å². The molecule has 2 aromatic carbocycles. The molecule has 4 aromatic rings. The number of morpholine rings is 1. The van der Waals surface area contributed by atoms with Crippen molar-refractivity contribution in [2.75, 3.05) is 38.2 Å². The fraction of sp³-hybridized carbons (Fsp3) is 0.269. The minimum Gasteiger partial charge on any atom is -0.379 e. The van der Waals surface area contributed by atoms with Gasteiger partial charge in [-0.1, -0.05) is 42.0 Å².